The van der Waals surface area contributed by atoms with Gasteiger partial charge in [-0.15, -0.1) is 0 Å². The monoisotopic (exact) mass is 810 g/mol. The zero-order valence-corrected chi connectivity index (χ0v) is 36.0. The summed E-state index contributed by atoms with van der Waals surface area (Å²) in [5.41, 5.74) is 4.18. The highest BCUT2D eigenvalue weighted by Gasteiger charge is 2.60. The number of benzene rings is 6. The third-order valence-corrected chi connectivity index (χ3v) is 13.6. The van der Waals surface area contributed by atoms with Gasteiger partial charge in [-0.3, -0.25) is 0 Å². The summed E-state index contributed by atoms with van der Waals surface area (Å²) in [6.07, 6.45) is 12.6. The maximum absolute atomic E-state index is 12.0. The fourth-order valence-corrected chi connectivity index (χ4v) is 10.7. The normalized spacial score (nSPS) is 19.0. The van der Waals surface area contributed by atoms with Gasteiger partial charge in [-0.05, 0) is 61.1 Å². The van der Waals surface area contributed by atoms with Crippen molar-refractivity contribution < 1.29 is 29.8 Å². The summed E-state index contributed by atoms with van der Waals surface area (Å²) >= 11 is 0. The Morgan fingerprint density at radius 2 is 0.767 bits per heavy atom. The quantitative estimate of drug-likeness (QED) is 0.0475. The topological polar surface area (TPSA) is 83.9 Å². The molecule has 9 rings (SSSR count). The van der Waals surface area contributed by atoms with E-state index in [-0.39, 0.29) is 17.4 Å². The van der Waals surface area contributed by atoms with Crippen molar-refractivity contribution in [2.45, 2.75) is 129 Å². The number of nitrogens with zero attached hydrogens (tertiary/aromatic N) is 2. The molecule has 2 N–H and O–H groups in total. The minimum Gasteiger partial charge on any atom is -0.507 e. The highest BCUT2D eigenvalue weighted by atomic mass is 17.2. The molecule has 2 unspecified atom stereocenters. The van der Waals surface area contributed by atoms with Crippen LogP contribution in [0.15, 0.2) is 72.8 Å². The third kappa shape index (κ3) is 6.84. The van der Waals surface area contributed by atoms with Gasteiger partial charge in [-0.1, -0.05) is 128 Å². The summed E-state index contributed by atoms with van der Waals surface area (Å²) in [6, 6.07) is 24.3. The van der Waals surface area contributed by atoms with E-state index >= 15 is 0 Å². The van der Waals surface area contributed by atoms with Crippen LogP contribution in [0.3, 0.4) is 0 Å². The van der Waals surface area contributed by atoms with Gasteiger partial charge in [0.2, 0.25) is 0 Å². The SMILES string of the molecule is CCCCCN(CCCCC)c1c2cccc(O)c2c(C2C3OOc4cccc5c(N(CCCCC)CCCCC)c6cccc7c6c(c45)C3C2OO7)c2c(O)cccc12. The van der Waals surface area contributed by atoms with Crippen LogP contribution in [0.2, 0.25) is 0 Å². The van der Waals surface area contributed by atoms with Gasteiger partial charge in [0.05, 0.1) is 11.4 Å². The average molecular weight is 811 g/mol. The lowest BCUT2D eigenvalue weighted by molar-refractivity contribution is -0.340. The molecule has 2 atom stereocenters. The van der Waals surface area contributed by atoms with Crippen molar-refractivity contribution in [1.29, 1.82) is 0 Å². The van der Waals surface area contributed by atoms with Crippen molar-refractivity contribution in [1.82, 2.24) is 0 Å². The lowest BCUT2D eigenvalue weighted by Gasteiger charge is -2.48. The molecule has 0 bridgehead atoms. The molecule has 60 heavy (non-hydrogen) atoms. The number of hydrogen-bond donors (Lipinski definition) is 2. The van der Waals surface area contributed by atoms with Crippen LogP contribution in [-0.4, -0.2) is 48.6 Å². The van der Waals surface area contributed by atoms with Gasteiger partial charge in [0.25, 0.3) is 0 Å². The maximum Gasteiger partial charge on any atom is 0.173 e. The Balaban J connectivity index is 1.25. The number of anilines is 2. The Morgan fingerprint density at radius 1 is 0.433 bits per heavy atom. The fourth-order valence-electron chi connectivity index (χ4n) is 10.7. The van der Waals surface area contributed by atoms with Crippen LogP contribution in [-0.2, 0) is 9.78 Å². The zero-order valence-electron chi connectivity index (χ0n) is 36.0. The molecule has 2 aliphatic heterocycles. The lowest BCUT2D eigenvalue weighted by atomic mass is 9.60. The molecule has 316 valence electrons. The smallest absolute Gasteiger partial charge is 0.173 e. The van der Waals surface area contributed by atoms with Gasteiger partial charge in [0.1, 0.15) is 23.7 Å². The van der Waals surface area contributed by atoms with Crippen LogP contribution in [0, 0.1) is 0 Å². The van der Waals surface area contributed by atoms with Gasteiger partial charge in [-0.2, -0.15) is 9.78 Å². The summed E-state index contributed by atoms with van der Waals surface area (Å²) in [6.45, 7) is 12.7. The van der Waals surface area contributed by atoms with Crippen LogP contribution in [0.25, 0.3) is 43.1 Å². The van der Waals surface area contributed by atoms with Gasteiger partial charge < -0.3 is 29.8 Å². The third-order valence-electron chi connectivity index (χ3n) is 13.6. The molecular weight excluding hydrogens is 749 g/mol. The van der Waals surface area contributed by atoms with Crippen LogP contribution in [0.4, 0.5) is 11.4 Å². The molecule has 6 aromatic rings. The summed E-state index contributed by atoms with van der Waals surface area (Å²) < 4.78 is 0. The van der Waals surface area contributed by atoms with Gasteiger partial charge in [0, 0.05) is 81.1 Å². The number of fused-ring (bicyclic) bond motifs is 2. The molecule has 3 aliphatic rings. The zero-order chi connectivity index (χ0) is 41.3. The van der Waals surface area contributed by atoms with E-state index in [0.29, 0.717) is 22.3 Å². The van der Waals surface area contributed by atoms with E-state index in [1.807, 2.05) is 24.3 Å². The van der Waals surface area contributed by atoms with Crippen molar-refractivity contribution in [3.63, 3.8) is 0 Å². The van der Waals surface area contributed by atoms with Gasteiger partial charge >= 0.3 is 0 Å². The average Bonchev–Trinajstić information content (AvgIpc) is 3.48. The first-order valence-electron chi connectivity index (χ1n) is 23.1. The van der Waals surface area contributed by atoms with Crippen molar-refractivity contribution in [3.8, 4) is 23.0 Å². The van der Waals surface area contributed by atoms with Gasteiger partial charge in [-0.25, -0.2) is 0 Å². The second kappa shape index (κ2) is 17.6. The molecule has 0 radical (unpaired) electrons. The van der Waals surface area contributed by atoms with Crippen LogP contribution in [0.5, 0.6) is 23.0 Å². The Labute approximate surface area is 354 Å². The molecule has 0 amide bonds. The molecule has 2 heterocycles. The summed E-state index contributed by atoms with van der Waals surface area (Å²) in [4.78, 5) is 31.4. The van der Waals surface area contributed by atoms with E-state index in [2.05, 4.69) is 73.9 Å². The number of hydrogen-bond acceptors (Lipinski definition) is 8. The second-order valence-corrected chi connectivity index (χ2v) is 17.4. The molecule has 8 heteroatoms. The molecule has 1 fully saturated rings. The predicted molar refractivity (Wildman–Crippen MR) is 245 cm³/mol. The van der Waals surface area contributed by atoms with E-state index in [1.54, 1.807) is 12.1 Å². The second-order valence-electron chi connectivity index (χ2n) is 17.4. The Kier molecular flexibility index (Phi) is 11.9. The summed E-state index contributed by atoms with van der Waals surface area (Å²) in [5.74, 6) is 0.975. The minimum atomic E-state index is -0.513. The molecule has 1 aliphatic carbocycles. The molecule has 8 nitrogen and oxygen atoms in total. The van der Waals surface area contributed by atoms with E-state index in [9.17, 15) is 10.2 Å². The van der Waals surface area contributed by atoms with Crippen LogP contribution in [0.1, 0.15) is 128 Å². The van der Waals surface area contributed by atoms with Crippen LogP contribution < -0.4 is 19.6 Å². The number of aromatic hydroxyl groups is 2. The van der Waals surface area contributed by atoms with E-state index in [4.69, 9.17) is 19.6 Å². The Bertz CT molecular complexity index is 2340. The van der Waals surface area contributed by atoms with Crippen molar-refractivity contribution in [2.75, 3.05) is 36.0 Å². The first kappa shape index (κ1) is 40.5. The standard InChI is InChI=1S/C52H62N2O6/c1-5-9-13-29-53(30-14-10-6-2)49-33-21-17-25-37(55)41(33)45(42-34(49)22-18-26-38(42)56)47-51-48-46-43-35(23-19-27-39(43)57-59-51)50(54(31-15-11-7-3)32-16-12-8-4)36-24-20-28-40(44(36)46)58-60-52(47)48/h17-28,47-48,51-52,55-56H,5-16,29-32H2,1-4H3. The minimum absolute atomic E-state index is 0.162. The molecule has 6 aromatic carbocycles. The number of rotatable bonds is 19. The van der Waals surface area contributed by atoms with Crippen molar-refractivity contribution in [3.05, 3.63) is 83.9 Å². The highest BCUT2D eigenvalue weighted by molar-refractivity contribution is 6.19. The van der Waals surface area contributed by atoms with E-state index in [1.165, 1.54) is 31.4 Å². The number of unbranched alkanes of at least 4 members (excludes halogenated alkanes) is 8. The first-order chi connectivity index (χ1) is 29.5. The molecule has 1 saturated carbocycles. The Hall–Kier alpha value is -4.92. The van der Waals surface area contributed by atoms with Crippen LogP contribution >= 0.6 is 0 Å². The lowest BCUT2D eigenvalue weighted by Crippen LogP contribution is -2.54. The van der Waals surface area contributed by atoms with E-state index < -0.39 is 18.1 Å². The van der Waals surface area contributed by atoms with Crippen molar-refractivity contribution in [2.24, 2.45) is 0 Å². The summed E-state index contributed by atoms with van der Waals surface area (Å²) in [7, 11) is 0. The van der Waals surface area contributed by atoms with Crippen molar-refractivity contribution >= 4 is 54.5 Å². The molecule has 0 spiro atoms. The van der Waals surface area contributed by atoms with E-state index in [0.717, 1.165) is 127 Å². The number of phenols is 2. The Morgan fingerprint density at radius 3 is 1.13 bits per heavy atom. The summed E-state index contributed by atoms with van der Waals surface area (Å²) in [5, 5.41) is 31.8. The molecular formula is C52H62N2O6. The predicted octanol–water partition coefficient (Wildman–Crippen LogP) is 13.4. The first-order valence-corrected chi connectivity index (χ1v) is 23.1. The largest absolute Gasteiger partial charge is 0.507 e. The maximum atomic E-state index is 12.0. The highest BCUT2D eigenvalue weighted by Crippen LogP contribution is 2.63. The number of phenolic OH excluding ortho intramolecular Hbond substituents is 2. The molecule has 0 aromatic heterocycles. The fraction of sp³-hybridized carbons (Fsp3) is 0.462. The molecule has 0 saturated heterocycles. The van der Waals surface area contributed by atoms with Gasteiger partial charge in [0.15, 0.2) is 11.5 Å².